The van der Waals surface area contributed by atoms with E-state index in [0.29, 0.717) is 35.0 Å². The summed E-state index contributed by atoms with van der Waals surface area (Å²) in [6.45, 7) is 9.92. The molecule has 0 bridgehead atoms. The van der Waals surface area contributed by atoms with E-state index in [9.17, 15) is 9.18 Å². The number of halogens is 2. The number of aromatic amines is 2. The van der Waals surface area contributed by atoms with Crippen LogP contribution in [0.3, 0.4) is 0 Å². The number of hydrogen-bond acceptors (Lipinski definition) is 8. The highest BCUT2D eigenvalue weighted by molar-refractivity contribution is 6.21. The van der Waals surface area contributed by atoms with E-state index in [-0.39, 0.29) is 23.4 Å². The van der Waals surface area contributed by atoms with E-state index in [1.54, 1.807) is 65.2 Å². The SMILES string of the molecule is CC(C)n1c(=O)n(C)c2cnc3cc(F)c(-c4ccc(OCCCN5CCCCC5)nc4)cc3c21.Cc1[nH]c2ccc(F)cc2c1-c1nc2c3cccnc3c3ncccc3c2[nH]1. The third-order valence-electron chi connectivity index (χ3n) is 12.1. The Labute approximate surface area is 360 Å². The number of hydrogen-bond donors (Lipinski definition) is 2. The van der Waals surface area contributed by atoms with Crippen LogP contribution in [0.25, 0.3) is 88.2 Å². The minimum atomic E-state index is -0.379. The van der Waals surface area contributed by atoms with Gasteiger partial charge in [-0.3, -0.25) is 24.1 Å². The first-order valence-corrected chi connectivity index (χ1v) is 21.4. The maximum absolute atomic E-state index is 15.1. The van der Waals surface area contributed by atoms with Crippen LogP contribution < -0.4 is 10.4 Å². The van der Waals surface area contributed by atoms with Crippen LogP contribution in [0, 0.1) is 18.6 Å². The van der Waals surface area contributed by atoms with Crippen LogP contribution in [0.1, 0.15) is 51.3 Å². The lowest BCUT2D eigenvalue weighted by Gasteiger charge is -2.26. The molecule has 11 rings (SSSR count). The molecule has 3 aromatic carbocycles. The standard InChI is InChI=1S/C27H32FN5O2.C22H14FN5/c1-18(2)33-26-21-14-20(22(28)15-23(21)29-17-24(26)31(3)27(33)34)19-8-9-25(30-16-19)35-13-7-12-32-10-5-4-6-11-32;1-11-17(15-10-12(23)6-7-16(15)26-11)22-27-20-13-4-2-8-24-18(13)19-14(21(20)28-22)5-3-9-25-19/h8-9,14-18H,4-7,10-13H2,1-3H3;2-10,26H,1H3,(H,27,28). The number of likely N-dealkylation sites (tertiary alicyclic amines) is 1. The van der Waals surface area contributed by atoms with Crippen molar-refractivity contribution in [1.82, 2.24) is 48.9 Å². The summed E-state index contributed by atoms with van der Waals surface area (Å²) >= 11 is 0. The number of benzene rings is 3. The van der Waals surface area contributed by atoms with Gasteiger partial charge < -0.3 is 19.6 Å². The van der Waals surface area contributed by atoms with Crippen molar-refractivity contribution in [3.8, 4) is 28.4 Å². The molecule has 7 aromatic heterocycles. The summed E-state index contributed by atoms with van der Waals surface area (Å²) in [5, 5.41) is 3.45. The number of fused-ring (bicyclic) bond motifs is 10. The number of piperidine rings is 1. The van der Waals surface area contributed by atoms with Crippen molar-refractivity contribution >= 4 is 65.7 Å². The fourth-order valence-electron chi connectivity index (χ4n) is 9.09. The van der Waals surface area contributed by atoms with E-state index in [1.165, 1.54) is 44.5 Å². The van der Waals surface area contributed by atoms with Crippen LogP contribution in [-0.4, -0.2) is 75.2 Å². The van der Waals surface area contributed by atoms with Crippen LogP contribution in [0.4, 0.5) is 8.78 Å². The maximum Gasteiger partial charge on any atom is 0.329 e. The van der Waals surface area contributed by atoms with Crippen molar-refractivity contribution < 1.29 is 13.5 Å². The molecule has 1 saturated heterocycles. The van der Waals surface area contributed by atoms with Crippen molar-refractivity contribution in [1.29, 1.82) is 0 Å². The smallest absolute Gasteiger partial charge is 0.329 e. The number of pyridine rings is 4. The summed E-state index contributed by atoms with van der Waals surface area (Å²) in [6.07, 6.45) is 11.7. The molecule has 12 nitrogen and oxygen atoms in total. The Balaban J connectivity index is 0.000000153. The van der Waals surface area contributed by atoms with E-state index in [2.05, 4.69) is 34.8 Å². The zero-order valence-electron chi connectivity index (χ0n) is 35.5. The van der Waals surface area contributed by atoms with Crippen molar-refractivity contribution in [2.24, 2.45) is 7.05 Å². The molecule has 2 N–H and O–H groups in total. The fourth-order valence-corrected chi connectivity index (χ4v) is 9.09. The molecule has 0 spiro atoms. The number of rotatable bonds is 8. The highest BCUT2D eigenvalue weighted by Gasteiger charge is 2.21. The normalized spacial score (nSPS) is 13.6. The predicted octanol–water partition coefficient (Wildman–Crippen LogP) is 10.2. The van der Waals surface area contributed by atoms with Gasteiger partial charge in [0.2, 0.25) is 5.88 Å². The van der Waals surface area contributed by atoms with Gasteiger partial charge >= 0.3 is 5.69 Å². The van der Waals surface area contributed by atoms with Crippen LogP contribution >= 0.6 is 0 Å². The molecule has 0 amide bonds. The molecular weight excluding hydrogens is 799 g/mol. The van der Waals surface area contributed by atoms with Gasteiger partial charge in [-0.25, -0.2) is 23.5 Å². The highest BCUT2D eigenvalue weighted by Crippen LogP contribution is 2.37. The molecule has 0 unspecified atom stereocenters. The summed E-state index contributed by atoms with van der Waals surface area (Å²) in [5.41, 5.74) is 9.05. The largest absolute Gasteiger partial charge is 0.478 e. The van der Waals surface area contributed by atoms with Gasteiger partial charge in [0.05, 0.1) is 51.4 Å². The molecule has 14 heteroatoms. The molecule has 1 aliphatic heterocycles. The van der Waals surface area contributed by atoms with Crippen molar-refractivity contribution in [2.45, 2.75) is 52.5 Å². The summed E-state index contributed by atoms with van der Waals surface area (Å²) in [4.78, 5) is 44.9. The molecule has 10 aromatic rings. The Kier molecular flexibility index (Phi) is 10.4. The lowest BCUT2D eigenvalue weighted by Crippen LogP contribution is -2.31. The van der Waals surface area contributed by atoms with Crippen LogP contribution in [-0.2, 0) is 7.05 Å². The second-order valence-corrected chi connectivity index (χ2v) is 16.6. The van der Waals surface area contributed by atoms with E-state index < -0.39 is 0 Å². The molecule has 0 atom stereocenters. The van der Waals surface area contributed by atoms with Gasteiger partial charge in [-0.2, -0.15) is 0 Å². The summed E-state index contributed by atoms with van der Waals surface area (Å²) in [6, 6.07) is 19.3. The average molecular weight is 845 g/mol. The van der Waals surface area contributed by atoms with E-state index in [1.807, 2.05) is 51.1 Å². The third-order valence-corrected chi connectivity index (χ3v) is 12.1. The maximum atomic E-state index is 15.1. The number of aromatic nitrogens is 9. The molecule has 8 heterocycles. The van der Waals surface area contributed by atoms with Gasteiger partial charge in [0.15, 0.2) is 0 Å². The Morgan fingerprint density at radius 2 is 1.59 bits per heavy atom. The van der Waals surface area contributed by atoms with Gasteiger partial charge in [0.1, 0.15) is 17.5 Å². The Morgan fingerprint density at radius 1 is 0.810 bits per heavy atom. The van der Waals surface area contributed by atoms with Gasteiger partial charge in [-0.05, 0) is 108 Å². The van der Waals surface area contributed by atoms with E-state index in [0.717, 1.165) is 84.4 Å². The number of aryl methyl sites for hydroxylation is 2. The Bertz CT molecular complexity index is 3330. The van der Waals surface area contributed by atoms with Crippen LogP contribution in [0.5, 0.6) is 5.88 Å². The first-order chi connectivity index (χ1) is 30.6. The summed E-state index contributed by atoms with van der Waals surface area (Å²) in [5.74, 6) is 0.587. The highest BCUT2D eigenvalue weighted by atomic mass is 19.1. The fraction of sp³-hybridized carbons (Fsp3) is 0.265. The van der Waals surface area contributed by atoms with Gasteiger partial charge in [-0.15, -0.1) is 0 Å². The summed E-state index contributed by atoms with van der Waals surface area (Å²) in [7, 11) is 1.73. The Morgan fingerprint density at radius 3 is 2.35 bits per heavy atom. The van der Waals surface area contributed by atoms with Crippen LogP contribution in [0.2, 0.25) is 0 Å². The number of nitrogens with one attached hydrogen (secondary N) is 2. The zero-order valence-corrected chi connectivity index (χ0v) is 35.5. The quantitative estimate of drug-likeness (QED) is 0.114. The average Bonchev–Trinajstić information content (AvgIpc) is 3.96. The number of ether oxygens (including phenoxy) is 1. The second kappa shape index (κ2) is 16.3. The minimum absolute atomic E-state index is 0.0432. The molecule has 0 saturated carbocycles. The zero-order chi connectivity index (χ0) is 43.4. The lowest BCUT2D eigenvalue weighted by atomic mass is 10.0. The molecule has 0 aliphatic carbocycles. The molecule has 0 radical (unpaired) electrons. The molecule has 1 fully saturated rings. The second-order valence-electron chi connectivity index (χ2n) is 16.6. The number of H-pyrrole nitrogens is 2. The van der Waals surface area contributed by atoms with Gasteiger partial charge in [0.25, 0.3) is 0 Å². The predicted molar refractivity (Wildman–Crippen MR) is 245 cm³/mol. The first kappa shape index (κ1) is 40.0. The van der Waals surface area contributed by atoms with Crippen LogP contribution in [0.15, 0.2) is 96.3 Å². The number of imidazole rings is 2. The monoisotopic (exact) mass is 844 g/mol. The molecule has 1 aliphatic rings. The van der Waals surface area contributed by atoms with Crippen molar-refractivity contribution in [2.75, 3.05) is 26.2 Å². The molecular formula is C49H46F2N10O2. The van der Waals surface area contributed by atoms with Crippen molar-refractivity contribution in [3.63, 3.8) is 0 Å². The molecule has 318 valence electrons. The minimum Gasteiger partial charge on any atom is -0.478 e. The Hall–Kier alpha value is -7.06. The lowest BCUT2D eigenvalue weighted by molar-refractivity contribution is 0.203. The third kappa shape index (κ3) is 7.23. The van der Waals surface area contributed by atoms with E-state index >= 15 is 4.39 Å². The van der Waals surface area contributed by atoms with E-state index in [4.69, 9.17) is 9.72 Å². The van der Waals surface area contributed by atoms with Gasteiger partial charge in [0, 0.05) is 99.8 Å². The summed E-state index contributed by atoms with van der Waals surface area (Å²) < 4.78 is 38.1. The van der Waals surface area contributed by atoms with Gasteiger partial charge in [-0.1, -0.05) is 6.42 Å². The topological polar surface area (TPSA) is 135 Å². The molecule has 63 heavy (non-hydrogen) atoms. The number of nitrogens with zero attached hydrogens (tertiary/aromatic N) is 8. The van der Waals surface area contributed by atoms with Crippen molar-refractivity contribution in [3.05, 3.63) is 119 Å². The first-order valence-electron chi connectivity index (χ1n) is 21.4.